The van der Waals surface area contributed by atoms with Gasteiger partial charge in [0.2, 0.25) is 5.89 Å². The Bertz CT molecular complexity index is 1900. The van der Waals surface area contributed by atoms with Gasteiger partial charge in [0.15, 0.2) is 5.58 Å². The number of fused-ring (bicyclic) bond motifs is 1. The van der Waals surface area contributed by atoms with Gasteiger partial charge in [0.1, 0.15) is 44.6 Å². The first-order valence-corrected chi connectivity index (χ1v) is 13.2. The lowest BCUT2D eigenvalue weighted by Crippen LogP contribution is -2.12. The zero-order valence-electron chi connectivity index (χ0n) is 22.4. The van der Waals surface area contributed by atoms with Gasteiger partial charge < -0.3 is 41.0 Å². The molecule has 6 rings (SSSR count). The van der Waals surface area contributed by atoms with Crippen molar-refractivity contribution >= 4 is 51.6 Å². The van der Waals surface area contributed by atoms with Gasteiger partial charge in [-0.15, -0.1) is 0 Å². The van der Waals surface area contributed by atoms with Crippen molar-refractivity contribution in [3.63, 3.8) is 0 Å². The number of carbonyl (C=O) groups excluding carboxylic acids is 1. The van der Waals surface area contributed by atoms with Crippen molar-refractivity contribution in [2.24, 2.45) is 0 Å². The van der Waals surface area contributed by atoms with E-state index in [0.29, 0.717) is 32.9 Å². The van der Waals surface area contributed by atoms with E-state index in [1.807, 2.05) is 0 Å². The molecule has 0 saturated carbocycles. The number of nitrogens with two attached hydrogens (primary N) is 1. The van der Waals surface area contributed by atoms with Crippen molar-refractivity contribution in [3.05, 3.63) is 107 Å². The first kappa shape index (κ1) is 31.2. The summed E-state index contributed by atoms with van der Waals surface area (Å²) in [6.45, 7) is 0. The van der Waals surface area contributed by atoms with E-state index in [-0.39, 0.29) is 40.1 Å². The van der Waals surface area contributed by atoms with Crippen LogP contribution in [0.2, 0.25) is 10.3 Å². The van der Waals surface area contributed by atoms with Crippen molar-refractivity contribution < 1.29 is 34.7 Å². The third-order valence-electron chi connectivity index (χ3n) is 5.58. The number of aromatic hydroxyl groups is 5. The number of carbonyl (C=O) groups is 1. The van der Waals surface area contributed by atoms with E-state index in [0.717, 1.165) is 11.6 Å². The van der Waals surface area contributed by atoms with Gasteiger partial charge in [-0.25, -0.2) is 15.0 Å². The molecule has 0 radical (unpaired) electrons. The SMILES string of the molecule is Nc1ccc(O)cc1O.O=C(Nc1ccc(O)cc1O)c1ccc(Cl)nc1.Oc1ccc2nc(-c3ccc(Cl)nc3)oc2c1. The molecule has 0 aliphatic carbocycles. The quantitative estimate of drug-likeness (QED) is 0.0494. The Labute approximate surface area is 259 Å². The first-order valence-electron chi connectivity index (χ1n) is 12.4. The number of hydrogen-bond acceptors (Lipinski definition) is 11. The summed E-state index contributed by atoms with van der Waals surface area (Å²) in [5.41, 5.74) is 7.98. The Hall–Kier alpha value is -5.72. The van der Waals surface area contributed by atoms with Gasteiger partial charge in [-0.2, -0.15) is 0 Å². The number of nitrogens with one attached hydrogen (secondary N) is 1. The number of hydrogen-bond donors (Lipinski definition) is 7. The highest BCUT2D eigenvalue weighted by atomic mass is 35.5. The molecule has 0 spiro atoms. The summed E-state index contributed by atoms with van der Waals surface area (Å²) in [6.07, 6.45) is 2.92. The van der Waals surface area contributed by atoms with Crippen LogP contribution in [-0.4, -0.2) is 46.4 Å². The van der Waals surface area contributed by atoms with Crippen molar-refractivity contribution in [1.29, 1.82) is 0 Å². The number of aromatic nitrogens is 3. The summed E-state index contributed by atoms with van der Waals surface area (Å²) in [5, 5.41) is 48.7. The molecular weight excluding hydrogens is 613 g/mol. The molecule has 1 amide bonds. The van der Waals surface area contributed by atoms with Gasteiger partial charge in [0.05, 0.1) is 22.5 Å². The fourth-order valence-corrected chi connectivity index (χ4v) is 3.63. The van der Waals surface area contributed by atoms with Gasteiger partial charge in [-0.05, 0) is 60.7 Å². The molecule has 0 aliphatic rings. The number of phenolic OH excluding ortho intramolecular Hbond substituents is 5. The Morgan fingerprint density at radius 1 is 0.727 bits per heavy atom. The maximum atomic E-state index is 11.8. The molecule has 3 aromatic carbocycles. The van der Waals surface area contributed by atoms with Crippen LogP contribution in [0.5, 0.6) is 28.7 Å². The maximum Gasteiger partial charge on any atom is 0.257 e. The van der Waals surface area contributed by atoms with Crippen molar-refractivity contribution in [2.75, 3.05) is 11.1 Å². The van der Waals surface area contributed by atoms with Crippen molar-refractivity contribution in [1.82, 2.24) is 15.0 Å². The van der Waals surface area contributed by atoms with E-state index < -0.39 is 5.91 Å². The van der Waals surface area contributed by atoms with Gasteiger partial charge in [-0.1, -0.05) is 23.2 Å². The maximum absolute atomic E-state index is 11.8. The molecular formula is C30H23Cl2N5O7. The number of nitrogen functional groups attached to an aromatic ring is 1. The molecule has 0 bridgehead atoms. The number of phenols is 5. The fraction of sp³-hybridized carbons (Fsp3) is 0. The van der Waals surface area contributed by atoms with Gasteiger partial charge in [-0.3, -0.25) is 4.79 Å². The largest absolute Gasteiger partial charge is 0.508 e. The molecule has 0 atom stereocenters. The summed E-state index contributed by atoms with van der Waals surface area (Å²) in [6, 6.07) is 19.2. The number of amides is 1. The normalized spacial score (nSPS) is 10.2. The molecule has 0 saturated heterocycles. The summed E-state index contributed by atoms with van der Waals surface area (Å²) in [4.78, 5) is 23.8. The van der Waals surface area contributed by atoms with Crippen LogP contribution >= 0.6 is 23.2 Å². The van der Waals surface area contributed by atoms with Gasteiger partial charge in [0.25, 0.3) is 5.91 Å². The van der Waals surface area contributed by atoms with Crippen LogP contribution in [0.1, 0.15) is 10.4 Å². The average Bonchev–Trinajstić information content (AvgIpc) is 3.41. The van der Waals surface area contributed by atoms with Crippen molar-refractivity contribution in [2.45, 2.75) is 0 Å². The predicted molar refractivity (Wildman–Crippen MR) is 165 cm³/mol. The number of pyridine rings is 2. The third-order valence-corrected chi connectivity index (χ3v) is 6.03. The van der Waals surface area contributed by atoms with Gasteiger partial charge in [0, 0.05) is 30.6 Å². The summed E-state index contributed by atoms with van der Waals surface area (Å²) in [7, 11) is 0. The monoisotopic (exact) mass is 635 g/mol. The molecule has 44 heavy (non-hydrogen) atoms. The second-order valence-corrected chi connectivity index (χ2v) is 9.58. The molecule has 3 heterocycles. The molecule has 3 aromatic heterocycles. The Balaban J connectivity index is 0.000000159. The molecule has 224 valence electrons. The standard InChI is InChI=1S/C12H9ClN2O3.C12H7ClN2O2.C6H7NO2/c13-11-4-1-7(6-14-11)12(18)15-9-3-2-8(16)5-10(9)17;13-11-4-1-7(6-14-11)12-15-9-3-2-8(16)5-10(9)17-12;7-5-2-1-4(8)3-6(5)9/h1-6,16-17H,(H,15,18);1-6,16H;1-3,8-9H,7H2. The lowest BCUT2D eigenvalue weighted by molar-refractivity contribution is 0.102. The minimum absolute atomic E-state index is 0.0155. The number of nitrogens with zero attached hydrogens (tertiary/aromatic N) is 3. The number of oxazole rings is 1. The highest BCUT2D eigenvalue weighted by molar-refractivity contribution is 6.29. The van der Waals surface area contributed by atoms with Crippen LogP contribution in [-0.2, 0) is 0 Å². The zero-order chi connectivity index (χ0) is 31.8. The summed E-state index contributed by atoms with van der Waals surface area (Å²) >= 11 is 11.3. The van der Waals surface area contributed by atoms with Crippen LogP contribution in [0.4, 0.5) is 11.4 Å². The number of anilines is 2. The van der Waals surface area contributed by atoms with E-state index in [9.17, 15) is 15.0 Å². The lowest BCUT2D eigenvalue weighted by Gasteiger charge is -2.07. The molecule has 6 aromatic rings. The third kappa shape index (κ3) is 8.41. The lowest BCUT2D eigenvalue weighted by atomic mass is 10.2. The Morgan fingerprint density at radius 2 is 1.34 bits per heavy atom. The van der Waals surface area contributed by atoms with Crippen LogP contribution in [0.25, 0.3) is 22.6 Å². The number of rotatable bonds is 3. The van der Waals surface area contributed by atoms with Crippen LogP contribution in [0, 0.1) is 0 Å². The van der Waals surface area contributed by atoms with E-state index in [1.54, 1.807) is 30.5 Å². The van der Waals surface area contributed by atoms with E-state index in [4.69, 9.17) is 48.7 Å². The van der Waals surface area contributed by atoms with E-state index in [2.05, 4.69) is 20.3 Å². The minimum Gasteiger partial charge on any atom is -0.508 e. The average molecular weight is 636 g/mol. The summed E-state index contributed by atoms with van der Waals surface area (Å²) < 4.78 is 5.52. The van der Waals surface area contributed by atoms with Crippen LogP contribution in [0.15, 0.2) is 95.7 Å². The first-order chi connectivity index (χ1) is 21.0. The predicted octanol–water partition coefficient (Wildman–Crippen LogP) is 6.33. The fourth-order valence-electron chi connectivity index (χ4n) is 3.40. The van der Waals surface area contributed by atoms with Crippen LogP contribution in [0.3, 0.4) is 0 Å². The topological polar surface area (TPSA) is 208 Å². The second kappa shape index (κ2) is 14.0. The zero-order valence-corrected chi connectivity index (χ0v) is 23.9. The molecule has 12 nitrogen and oxygen atoms in total. The molecule has 0 aliphatic heterocycles. The molecule has 0 fully saturated rings. The molecule has 14 heteroatoms. The highest BCUT2D eigenvalue weighted by Gasteiger charge is 2.10. The Kier molecular flexibility index (Phi) is 9.91. The second-order valence-electron chi connectivity index (χ2n) is 8.81. The van der Waals surface area contributed by atoms with Gasteiger partial charge >= 0.3 is 0 Å². The van der Waals surface area contributed by atoms with Crippen LogP contribution < -0.4 is 11.1 Å². The smallest absolute Gasteiger partial charge is 0.257 e. The number of benzene rings is 3. The molecule has 8 N–H and O–H groups in total. The highest BCUT2D eigenvalue weighted by Crippen LogP contribution is 2.28. The Morgan fingerprint density at radius 3 is 1.93 bits per heavy atom. The summed E-state index contributed by atoms with van der Waals surface area (Å²) in [5.74, 6) is -0.204. The number of halogens is 2. The minimum atomic E-state index is -0.430. The van der Waals surface area contributed by atoms with E-state index >= 15 is 0 Å². The molecule has 0 unspecified atom stereocenters. The van der Waals surface area contributed by atoms with Crippen molar-refractivity contribution in [3.8, 4) is 40.2 Å². The van der Waals surface area contributed by atoms with E-state index in [1.165, 1.54) is 54.7 Å².